The molecule has 0 unspecified atom stereocenters. The second kappa shape index (κ2) is 10.3. The van der Waals surface area contributed by atoms with Crippen molar-refractivity contribution in [3.05, 3.63) is 91.2 Å². The second-order valence-corrected chi connectivity index (χ2v) is 10.2. The van der Waals surface area contributed by atoms with Gasteiger partial charge in [-0.1, -0.05) is 47.8 Å². The van der Waals surface area contributed by atoms with Crippen LogP contribution in [0.25, 0.3) is 10.9 Å². The molecule has 0 saturated heterocycles. The molecule has 4 aromatic rings. The van der Waals surface area contributed by atoms with Gasteiger partial charge < -0.3 is 10.6 Å². The fraction of sp³-hybridized carbons (Fsp3) is 0.0417. The molecule has 1 heterocycles. The maximum absolute atomic E-state index is 14.1. The van der Waals surface area contributed by atoms with E-state index in [-0.39, 0.29) is 11.4 Å². The first-order chi connectivity index (χ1) is 16.6. The number of anilines is 2. The topological polar surface area (TPSA) is 92.2 Å². The van der Waals surface area contributed by atoms with E-state index in [4.69, 9.17) is 0 Å². The third kappa shape index (κ3) is 5.63. The Hall–Kier alpha value is -3.02. The largest absolute Gasteiger partial charge is 0.328 e. The number of hydrogen-bond donors (Lipinski definition) is 3. The van der Waals surface area contributed by atoms with Crippen LogP contribution < -0.4 is 16.1 Å². The molecule has 1 aromatic heterocycles. The molecule has 178 valence electrons. The monoisotopic (exact) mass is 664 g/mol. The Bertz CT molecular complexity index is 1500. The minimum absolute atomic E-state index is 0.0939. The van der Waals surface area contributed by atoms with E-state index in [1.54, 1.807) is 36.4 Å². The average molecular weight is 667 g/mol. The first kappa shape index (κ1) is 25.1. The fourth-order valence-corrected chi connectivity index (χ4v) is 4.54. The minimum Gasteiger partial charge on any atom is -0.320 e. The zero-order valence-electron chi connectivity index (χ0n) is 18.0. The molecular weight excluding hydrogens is 651 g/mol. The van der Waals surface area contributed by atoms with E-state index in [2.05, 4.69) is 63.8 Å². The molecule has 3 amide bonds. The van der Waals surface area contributed by atoms with Crippen LogP contribution in [0.1, 0.15) is 16.1 Å². The molecule has 0 spiro atoms. The number of carbonyl (C=O) groups excluding carboxylic acids is 3. The second-order valence-electron chi connectivity index (χ2n) is 7.50. The van der Waals surface area contributed by atoms with Crippen molar-refractivity contribution in [1.82, 2.24) is 4.68 Å². The Balaban J connectivity index is 1.64. The predicted octanol–water partition coefficient (Wildman–Crippen LogP) is 6.34. The van der Waals surface area contributed by atoms with E-state index < -0.39 is 23.5 Å². The van der Waals surface area contributed by atoms with E-state index in [0.717, 1.165) is 20.6 Å². The molecule has 4 rings (SSSR count). The number of carbonyl (C=O) groups is 3. The summed E-state index contributed by atoms with van der Waals surface area (Å²) >= 11 is 9.91. The van der Waals surface area contributed by atoms with Crippen LogP contribution in [0.2, 0.25) is 0 Å². The van der Waals surface area contributed by atoms with Crippen molar-refractivity contribution < 1.29 is 18.8 Å². The van der Waals surface area contributed by atoms with Crippen molar-refractivity contribution in [2.45, 2.75) is 6.92 Å². The third-order valence-electron chi connectivity index (χ3n) is 5.03. The van der Waals surface area contributed by atoms with E-state index in [9.17, 15) is 18.8 Å². The molecule has 0 fully saturated rings. The van der Waals surface area contributed by atoms with Gasteiger partial charge in [-0.2, -0.15) is 0 Å². The summed E-state index contributed by atoms with van der Waals surface area (Å²) in [6, 6.07) is 16.2. The molecule has 11 heteroatoms. The first-order valence-corrected chi connectivity index (χ1v) is 12.5. The van der Waals surface area contributed by atoms with Gasteiger partial charge in [-0.3, -0.25) is 19.8 Å². The summed E-state index contributed by atoms with van der Waals surface area (Å²) in [6.45, 7) is 1.85. The molecule has 0 bridgehead atoms. The van der Waals surface area contributed by atoms with Crippen LogP contribution in [0, 0.1) is 12.7 Å². The molecule has 0 aliphatic heterocycles. The van der Waals surface area contributed by atoms with Gasteiger partial charge in [-0.15, -0.1) is 0 Å². The van der Waals surface area contributed by atoms with Gasteiger partial charge in [0.1, 0.15) is 11.5 Å². The molecule has 0 saturated carbocycles. The van der Waals surface area contributed by atoms with Gasteiger partial charge in [0, 0.05) is 24.5 Å². The van der Waals surface area contributed by atoms with Crippen molar-refractivity contribution in [2.24, 2.45) is 0 Å². The molecule has 35 heavy (non-hydrogen) atoms. The maximum Gasteiger partial charge on any atom is 0.328 e. The van der Waals surface area contributed by atoms with Crippen LogP contribution in [-0.2, 0) is 9.59 Å². The molecule has 7 nitrogen and oxygen atoms in total. The lowest BCUT2D eigenvalue weighted by Crippen LogP contribution is -2.36. The number of halogens is 4. The SMILES string of the molecule is Cc1cc(Br)ccc1NC(=O)c1cc2cc(Br)ccc2n1NC(=O)C(=O)Nc1ccc(Br)cc1F. The molecule has 3 aromatic carbocycles. The smallest absolute Gasteiger partial charge is 0.320 e. The van der Waals surface area contributed by atoms with E-state index >= 15 is 0 Å². The van der Waals surface area contributed by atoms with Gasteiger partial charge in [0.05, 0.1) is 11.2 Å². The number of aryl methyl sites for hydroxylation is 1. The van der Waals surface area contributed by atoms with Crippen molar-refractivity contribution in [1.29, 1.82) is 0 Å². The Morgan fingerprint density at radius 1 is 0.771 bits per heavy atom. The molecular formula is C24H16Br3FN4O3. The molecule has 3 N–H and O–H groups in total. The number of hydrogen-bond acceptors (Lipinski definition) is 3. The number of aromatic nitrogens is 1. The van der Waals surface area contributed by atoms with Crippen molar-refractivity contribution in [3.8, 4) is 0 Å². The lowest BCUT2D eigenvalue weighted by molar-refractivity contribution is -0.133. The van der Waals surface area contributed by atoms with Gasteiger partial charge in [-0.25, -0.2) is 9.07 Å². The minimum atomic E-state index is -1.10. The van der Waals surface area contributed by atoms with Crippen LogP contribution in [0.3, 0.4) is 0 Å². The predicted molar refractivity (Wildman–Crippen MR) is 144 cm³/mol. The summed E-state index contributed by atoms with van der Waals surface area (Å²) in [6.07, 6.45) is 0. The van der Waals surface area contributed by atoms with E-state index in [1.807, 2.05) is 13.0 Å². The molecule has 0 aliphatic carbocycles. The highest BCUT2D eigenvalue weighted by Gasteiger charge is 2.22. The third-order valence-corrected chi connectivity index (χ3v) is 6.51. The van der Waals surface area contributed by atoms with Crippen LogP contribution in [0.15, 0.2) is 74.1 Å². The summed E-state index contributed by atoms with van der Waals surface area (Å²) in [7, 11) is 0. The number of fused-ring (bicyclic) bond motifs is 1. The summed E-state index contributed by atoms with van der Waals surface area (Å²) < 4.78 is 17.4. The van der Waals surface area contributed by atoms with Crippen LogP contribution in [0.4, 0.5) is 15.8 Å². The lowest BCUT2D eigenvalue weighted by atomic mass is 10.2. The highest BCUT2D eigenvalue weighted by Crippen LogP contribution is 2.25. The Labute approximate surface area is 224 Å². The van der Waals surface area contributed by atoms with Crippen molar-refractivity contribution in [2.75, 3.05) is 16.1 Å². The zero-order valence-corrected chi connectivity index (χ0v) is 22.7. The van der Waals surface area contributed by atoms with Crippen molar-refractivity contribution >= 4 is 87.8 Å². The first-order valence-electron chi connectivity index (χ1n) is 10.1. The Kier molecular flexibility index (Phi) is 7.39. The standard InChI is InChI=1S/C24H16Br3FN4O3/c1-12-8-14(25)2-5-18(12)29-22(33)21-10-13-9-15(26)4-7-20(13)32(21)31-24(35)23(34)30-19-6-3-16(27)11-17(19)28/h2-11H,1H3,(H,29,33)(H,30,34)(H,31,35). The van der Waals surface area contributed by atoms with E-state index in [1.165, 1.54) is 16.8 Å². The van der Waals surface area contributed by atoms with Crippen LogP contribution in [-0.4, -0.2) is 22.4 Å². The lowest BCUT2D eigenvalue weighted by Gasteiger charge is -2.14. The molecule has 0 aliphatic rings. The summed E-state index contributed by atoms with van der Waals surface area (Å²) in [5.41, 5.74) is 4.29. The molecule has 0 atom stereocenters. The van der Waals surface area contributed by atoms with Gasteiger partial charge in [0.2, 0.25) is 0 Å². The van der Waals surface area contributed by atoms with Crippen LogP contribution >= 0.6 is 47.8 Å². The number of nitrogens with zero attached hydrogens (tertiary/aromatic N) is 1. The highest BCUT2D eigenvalue weighted by molar-refractivity contribution is 9.11. The average Bonchev–Trinajstić information content (AvgIpc) is 3.14. The number of amides is 3. The molecule has 0 radical (unpaired) electrons. The van der Waals surface area contributed by atoms with Gasteiger partial charge in [0.25, 0.3) is 5.91 Å². The van der Waals surface area contributed by atoms with Crippen molar-refractivity contribution in [3.63, 3.8) is 0 Å². The van der Waals surface area contributed by atoms with E-state index in [0.29, 0.717) is 21.1 Å². The Morgan fingerprint density at radius 2 is 1.40 bits per heavy atom. The highest BCUT2D eigenvalue weighted by atomic mass is 79.9. The fourth-order valence-electron chi connectivity index (χ4n) is 3.35. The number of nitrogens with one attached hydrogen (secondary N) is 3. The van der Waals surface area contributed by atoms with Gasteiger partial charge in [0.15, 0.2) is 0 Å². The Morgan fingerprint density at radius 3 is 2.09 bits per heavy atom. The number of rotatable bonds is 4. The quantitative estimate of drug-likeness (QED) is 0.222. The maximum atomic E-state index is 14.1. The summed E-state index contributed by atoms with van der Waals surface area (Å²) in [5, 5.41) is 5.71. The normalized spacial score (nSPS) is 10.8. The zero-order chi connectivity index (χ0) is 25.3. The number of benzene rings is 3. The summed E-state index contributed by atoms with van der Waals surface area (Å²) in [4.78, 5) is 38.4. The van der Waals surface area contributed by atoms with Crippen LogP contribution in [0.5, 0.6) is 0 Å². The van der Waals surface area contributed by atoms with Gasteiger partial charge in [-0.05, 0) is 73.2 Å². The van der Waals surface area contributed by atoms with Gasteiger partial charge >= 0.3 is 11.8 Å². The summed E-state index contributed by atoms with van der Waals surface area (Å²) in [5.74, 6) is -3.38.